The molecular formula is C13H13N3O4S. The van der Waals surface area contributed by atoms with Gasteiger partial charge in [0, 0.05) is 18.8 Å². The second-order valence-corrected chi connectivity index (χ2v) is 5.82. The van der Waals surface area contributed by atoms with Gasteiger partial charge in [-0.05, 0) is 29.8 Å². The van der Waals surface area contributed by atoms with Gasteiger partial charge in [-0.2, -0.15) is 13.5 Å². The first-order chi connectivity index (χ1) is 9.88. The van der Waals surface area contributed by atoms with Gasteiger partial charge in [0.25, 0.3) is 10.0 Å². The van der Waals surface area contributed by atoms with E-state index in [0.29, 0.717) is 11.3 Å². The number of anilines is 1. The average Bonchev–Trinajstić information content (AvgIpc) is 2.83. The van der Waals surface area contributed by atoms with Gasteiger partial charge < -0.3 is 5.11 Å². The summed E-state index contributed by atoms with van der Waals surface area (Å²) in [5.74, 6) is -1.07. The number of benzene rings is 1. The summed E-state index contributed by atoms with van der Waals surface area (Å²) in [5, 5.41) is 12.4. The van der Waals surface area contributed by atoms with Crippen LogP contribution in [0.4, 0.5) is 5.69 Å². The highest BCUT2D eigenvalue weighted by molar-refractivity contribution is 7.92. The van der Waals surface area contributed by atoms with Crippen molar-refractivity contribution in [2.45, 2.75) is 5.03 Å². The van der Waals surface area contributed by atoms with E-state index in [1.54, 1.807) is 18.2 Å². The maximum absolute atomic E-state index is 12.2. The molecule has 0 spiro atoms. The summed E-state index contributed by atoms with van der Waals surface area (Å²) in [5.41, 5.74) is 0.909. The van der Waals surface area contributed by atoms with Crippen molar-refractivity contribution in [2.24, 2.45) is 7.05 Å². The van der Waals surface area contributed by atoms with E-state index in [9.17, 15) is 13.2 Å². The lowest BCUT2D eigenvalue weighted by atomic mass is 10.2. The smallest absolute Gasteiger partial charge is 0.328 e. The molecule has 2 rings (SSSR count). The van der Waals surface area contributed by atoms with Crippen LogP contribution in [0.5, 0.6) is 0 Å². The lowest BCUT2D eigenvalue weighted by Gasteiger charge is -2.08. The Labute approximate surface area is 121 Å². The zero-order valence-corrected chi connectivity index (χ0v) is 11.9. The fraction of sp³-hybridized carbons (Fsp3) is 0.0769. The van der Waals surface area contributed by atoms with E-state index in [1.165, 1.54) is 36.1 Å². The Morgan fingerprint density at radius 2 is 2.14 bits per heavy atom. The molecule has 0 aliphatic rings. The normalized spacial score (nSPS) is 11.7. The van der Waals surface area contributed by atoms with Gasteiger partial charge in [0.2, 0.25) is 0 Å². The van der Waals surface area contributed by atoms with E-state index >= 15 is 0 Å². The zero-order valence-electron chi connectivity index (χ0n) is 11.1. The minimum Gasteiger partial charge on any atom is -0.478 e. The minimum atomic E-state index is -3.74. The SMILES string of the molecule is Cn1nccc1S(=O)(=O)Nc1cccc(/C=C/C(=O)O)c1. The highest BCUT2D eigenvalue weighted by Gasteiger charge is 2.17. The summed E-state index contributed by atoms with van der Waals surface area (Å²) in [6.07, 6.45) is 3.75. The number of aryl methyl sites for hydroxylation is 1. The number of carboxylic acid groups (broad SMARTS) is 1. The van der Waals surface area contributed by atoms with Crippen LogP contribution in [-0.2, 0) is 21.9 Å². The fourth-order valence-electron chi connectivity index (χ4n) is 1.71. The van der Waals surface area contributed by atoms with Gasteiger partial charge in [-0.1, -0.05) is 12.1 Å². The number of aliphatic carboxylic acids is 1. The van der Waals surface area contributed by atoms with Crippen LogP contribution in [0.2, 0.25) is 0 Å². The lowest BCUT2D eigenvalue weighted by Crippen LogP contribution is -2.16. The van der Waals surface area contributed by atoms with E-state index in [4.69, 9.17) is 5.11 Å². The Bertz CT molecular complexity index is 793. The van der Waals surface area contributed by atoms with E-state index in [1.807, 2.05) is 0 Å². The van der Waals surface area contributed by atoms with Gasteiger partial charge in [-0.25, -0.2) is 4.79 Å². The summed E-state index contributed by atoms with van der Waals surface area (Å²) in [4.78, 5) is 10.5. The Hall–Kier alpha value is -2.61. The molecular weight excluding hydrogens is 294 g/mol. The first-order valence-corrected chi connectivity index (χ1v) is 7.39. The number of carbonyl (C=O) groups is 1. The molecule has 0 radical (unpaired) electrons. The molecule has 0 fully saturated rings. The van der Waals surface area contributed by atoms with Crippen LogP contribution in [0.1, 0.15) is 5.56 Å². The van der Waals surface area contributed by atoms with Crippen molar-refractivity contribution >= 4 is 27.8 Å². The molecule has 21 heavy (non-hydrogen) atoms. The molecule has 0 atom stereocenters. The predicted molar refractivity (Wildman–Crippen MR) is 77.1 cm³/mol. The van der Waals surface area contributed by atoms with Crippen LogP contribution in [0, 0.1) is 0 Å². The topological polar surface area (TPSA) is 101 Å². The third-order valence-corrected chi connectivity index (χ3v) is 4.06. The third-order valence-electron chi connectivity index (χ3n) is 2.61. The molecule has 0 saturated heterocycles. The van der Waals surface area contributed by atoms with Gasteiger partial charge >= 0.3 is 5.97 Å². The van der Waals surface area contributed by atoms with Crippen LogP contribution in [0.15, 0.2) is 47.6 Å². The molecule has 0 saturated carbocycles. The monoisotopic (exact) mass is 307 g/mol. The Balaban J connectivity index is 2.26. The average molecular weight is 307 g/mol. The molecule has 1 aromatic heterocycles. The number of sulfonamides is 1. The molecule has 2 N–H and O–H groups in total. The molecule has 0 aliphatic carbocycles. The Morgan fingerprint density at radius 1 is 1.38 bits per heavy atom. The molecule has 0 aliphatic heterocycles. The number of rotatable bonds is 5. The van der Waals surface area contributed by atoms with Crippen molar-refractivity contribution in [3.8, 4) is 0 Å². The van der Waals surface area contributed by atoms with Crippen LogP contribution < -0.4 is 4.72 Å². The standard InChI is InChI=1S/C13H13N3O4S/c1-16-12(7-8-14-16)21(19,20)15-11-4-2-3-10(9-11)5-6-13(17)18/h2-9,15H,1H3,(H,17,18)/b6-5+. The summed E-state index contributed by atoms with van der Waals surface area (Å²) < 4.78 is 28.0. The quantitative estimate of drug-likeness (QED) is 0.811. The highest BCUT2D eigenvalue weighted by atomic mass is 32.2. The van der Waals surface area contributed by atoms with Crippen LogP contribution in [-0.4, -0.2) is 29.3 Å². The largest absolute Gasteiger partial charge is 0.478 e. The molecule has 110 valence electrons. The maximum Gasteiger partial charge on any atom is 0.328 e. The highest BCUT2D eigenvalue weighted by Crippen LogP contribution is 2.17. The van der Waals surface area contributed by atoms with Gasteiger partial charge in [0.15, 0.2) is 5.03 Å². The zero-order chi connectivity index (χ0) is 15.5. The summed E-state index contributed by atoms with van der Waals surface area (Å²) in [7, 11) is -2.21. The Kier molecular flexibility index (Phi) is 4.08. The van der Waals surface area contributed by atoms with E-state index < -0.39 is 16.0 Å². The fourth-order valence-corrected chi connectivity index (χ4v) is 2.88. The summed E-state index contributed by atoms with van der Waals surface area (Å²) >= 11 is 0. The molecule has 0 unspecified atom stereocenters. The Morgan fingerprint density at radius 3 is 2.76 bits per heavy atom. The van der Waals surface area contributed by atoms with Crippen molar-refractivity contribution in [3.05, 3.63) is 48.2 Å². The van der Waals surface area contributed by atoms with Gasteiger partial charge in [-0.15, -0.1) is 0 Å². The van der Waals surface area contributed by atoms with Gasteiger partial charge in [-0.3, -0.25) is 9.40 Å². The minimum absolute atomic E-state index is 0.0361. The molecule has 7 nitrogen and oxygen atoms in total. The van der Waals surface area contributed by atoms with Crippen molar-refractivity contribution in [1.29, 1.82) is 0 Å². The molecule has 1 heterocycles. The van der Waals surface area contributed by atoms with Gasteiger partial charge in [0.05, 0.1) is 6.20 Å². The number of hydrogen-bond donors (Lipinski definition) is 2. The summed E-state index contributed by atoms with van der Waals surface area (Å²) in [6.45, 7) is 0. The summed E-state index contributed by atoms with van der Waals surface area (Å²) in [6, 6.07) is 7.79. The second kappa shape index (κ2) is 5.80. The third kappa shape index (κ3) is 3.69. The van der Waals surface area contributed by atoms with E-state index in [-0.39, 0.29) is 5.03 Å². The van der Waals surface area contributed by atoms with Crippen molar-refractivity contribution in [1.82, 2.24) is 9.78 Å². The number of hydrogen-bond acceptors (Lipinski definition) is 4. The molecule has 8 heteroatoms. The number of nitrogens with zero attached hydrogens (tertiary/aromatic N) is 2. The first kappa shape index (κ1) is 14.8. The predicted octanol–water partition coefficient (Wildman–Crippen LogP) is 1.32. The second-order valence-electron chi connectivity index (χ2n) is 4.20. The van der Waals surface area contributed by atoms with Crippen molar-refractivity contribution in [2.75, 3.05) is 4.72 Å². The lowest BCUT2D eigenvalue weighted by molar-refractivity contribution is -0.131. The molecule has 0 bridgehead atoms. The van der Waals surface area contributed by atoms with Gasteiger partial charge in [0.1, 0.15) is 0 Å². The van der Waals surface area contributed by atoms with Crippen LogP contribution in [0.25, 0.3) is 6.08 Å². The maximum atomic E-state index is 12.2. The van der Waals surface area contributed by atoms with Crippen LogP contribution >= 0.6 is 0 Å². The van der Waals surface area contributed by atoms with Crippen molar-refractivity contribution < 1.29 is 18.3 Å². The first-order valence-electron chi connectivity index (χ1n) is 5.90. The number of carboxylic acids is 1. The van der Waals surface area contributed by atoms with Crippen LogP contribution in [0.3, 0.4) is 0 Å². The van der Waals surface area contributed by atoms with Crippen molar-refractivity contribution in [3.63, 3.8) is 0 Å². The molecule has 2 aromatic rings. The van der Waals surface area contributed by atoms with E-state index in [2.05, 4.69) is 9.82 Å². The van der Waals surface area contributed by atoms with E-state index in [0.717, 1.165) is 6.08 Å². The molecule has 0 amide bonds. The number of nitrogens with one attached hydrogen (secondary N) is 1. The number of aromatic nitrogens is 2. The molecule has 1 aromatic carbocycles.